The second-order valence-electron chi connectivity index (χ2n) is 2.43. The topological polar surface area (TPSA) is 37.0 Å². The van der Waals surface area contributed by atoms with Gasteiger partial charge in [0.1, 0.15) is 0 Å². The van der Waals surface area contributed by atoms with Gasteiger partial charge in [-0.2, -0.15) is 0 Å². The molecule has 0 N–H and O–H groups in total. The number of allylic oxidation sites excluding steroid dienone is 1. The summed E-state index contributed by atoms with van der Waals surface area (Å²) in [5.41, 5.74) is 1.17. The Balaban J connectivity index is 0.000000255. The Bertz CT molecular complexity index is 299. The van der Waals surface area contributed by atoms with Gasteiger partial charge in [-0.05, 0) is 12.5 Å². The Morgan fingerprint density at radius 1 is 1.29 bits per heavy atom. The third-order valence-corrected chi connectivity index (χ3v) is 1.34. The lowest BCUT2D eigenvalue weighted by Crippen LogP contribution is -1.80. The van der Waals surface area contributed by atoms with Gasteiger partial charge in [0, 0.05) is 6.08 Å². The molecule has 0 saturated heterocycles. The summed E-state index contributed by atoms with van der Waals surface area (Å²) < 4.78 is 0. The summed E-state index contributed by atoms with van der Waals surface area (Å²) in [6, 6.07) is 10.0. The van der Waals surface area contributed by atoms with Crippen molar-refractivity contribution in [1.29, 1.82) is 0 Å². The fourth-order valence-electron chi connectivity index (χ4n) is 0.725. The molecule has 0 aliphatic carbocycles. The summed E-state index contributed by atoms with van der Waals surface area (Å²) in [6.45, 7) is 5.25. The lowest BCUT2D eigenvalue weighted by Gasteiger charge is -1.85. The van der Waals surface area contributed by atoms with E-state index in [4.69, 9.17) is 0 Å². The SMILES string of the molecule is C=Cc1ccccc1.CC=CC([O])=O. The first-order chi connectivity index (χ1) is 6.70. The molecule has 2 heteroatoms. The van der Waals surface area contributed by atoms with Crippen molar-refractivity contribution in [3.05, 3.63) is 54.6 Å². The van der Waals surface area contributed by atoms with Gasteiger partial charge < -0.3 is 0 Å². The first kappa shape index (κ1) is 12.2. The summed E-state index contributed by atoms with van der Waals surface area (Å²) in [4.78, 5) is 9.40. The van der Waals surface area contributed by atoms with Crippen LogP contribution in [0.5, 0.6) is 0 Å². The van der Waals surface area contributed by atoms with E-state index in [-0.39, 0.29) is 0 Å². The summed E-state index contributed by atoms with van der Waals surface area (Å²) in [5.74, 6) is -1.14. The maximum absolute atomic E-state index is 9.40. The zero-order valence-corrected chi connectivity index (χ0v) is 8.14. The zero-order chi connectivity index (χ0) is 10.8. The van der Waals surface area contributed by atoms with Crippen LogP contribution in [-0.2, 0) is 9.90 Å². The van der Waals surface area contributed by atoms with Crippen LogP contribution in [0.3, 0.4) is 0 Å². The second-order valence-corrected chi connectivity index (χ2v) is 2.43. The molecule has 0 aliphatic heterocycles. The molecule has 0 aromatic heterocycles. The van der Waals surface area contributed by atoms with E-state index in [0.717, 1.165) is 6.08 Å². The standard InChI is InChI=1S/C8H8.C4H5O2/c1-2-8-6-4-3-5-7-8;1-2-3-4(5)6/h2-7H,1H2;2-3H,1H3. The average Bonchev–Trinajstić information content (AvgIpc) is 2.20. The molecule has 0 fully saturated rings. The van der Waals surface area contributed by atoms with Gasteiger partial charge in [-0.15, -0.1) is 0 Å². The number of hydrogen-bond donors (Lipinski definition) is 0. The highest BCUT2D eigenvalue weighted by atomic mass is 16.4. The molecular formula is C12H13O2. The highest BCUT2D eigenvalue weighted by molar-refractivity contribution is 5.79. The number of hydrogen-bond acceptors (Lipinski definition) is 1. The fourth-order valence-corrected chi connectivity index (χ4v) is 0.725. The molecule has 1 aromatic carbocycles. The van der Waals surface area contributed by atoms with Crippen LogP contribution in [0.1, 0.15) is 12.5 Å². The van der Waals surface area contributed by atoms with Crippen LogP contribution in [-0.4, -0.2) is 5.97 Å². The monoisotopic (exact) mass is 189 g/mol. The van der Waals surface area contributed by atoms with E-state index in [1.54, 1.807) is 6.92 Å². The average molecular weight is 189 g/mol. The van der Waals surface area contributed by atoms with Crippen molar-refractivity contribution in [2.24, 2.45) is 0 Å². The maximum atomic E-state index is 9.40. The van der Waals surface area contributed by atoms with Crippen molar-refractivity contribution in [3.8, 4) is 0 Å². The van der Waals surface area contributed by atoms with Crippen LogP contribution in [0.25, 0.3) is 6.08 Å². The van der Waals surface area contributed by atoms with Gasteiger partial charge in [-0.1, -0.05) is 49.1 Å². The predicted molar refractivity (Wildman–Crippen MR) is 57.0 cm³/mol. The van der Waals surface area contributed by atoms with Crippen molar-refractivity contribution in [2.45, 2.75) is 6.92 Å². The van der Waals surface area contributed by atoms with Gasteiger partial charge in [0.05, 0.1) is 0 Å². The minimum Gasteiger partial charge on any atom is -0.242 e. The molecule has 0 heterocycles. The second kappa shape index (κ2) is 7.80. The zero-order valence-electron chi connectivity index (χ0n) is 8.14. The minimum absolute atomic E-state index is 0.972. The van der Waals surface area contributed by atoms with E-state index >= 15 is 0 Å². The molecule has 0 aliphatic rings. The molecule has 0 atom stereocenters. The Labute approximate surface area is 84.2 Å². The fraction of sp³-hybridized carbons (Fsp3) is 0.0833. The minimum atomic E-state index is -1.14. The van der Waals surface area contributed by atoms with Gasteiger partial charge >= 0.3 is 5.97 Å². The lowest BCUT2D eigenvalue weighted by molar-refractivity contribution is -0.137. The van der Waals surface area contributed by atoms with Crippen LogP contribution >= 0.6 is 0 Å². The molecule has 0 bridgehead atoms. The molecule has 0 saturated carbocycles. The lowest BCUT2D eigenvalue weighted by atomic mass is 10.2. The van der Waals surface area contributed by atoms with Crippen molar-refractivity contribution < 1.29 is 9.90 Å². The van der Waals surface area contributed by atoms with Crippen LogP contribution in [0.4, 0.5) is 0 Å². The molecule has 1 aromatic rings. The molecular weight excluding hydrogens is 176 g/mol. The Morgan fingerprint density at radius 2 is 1.86 bits per heavy atom. The Kier molecular flexibility index (Phi) is 6.78. The van der Waals surface area contributed by atoms with Crippen LogP contribution in [0, 0.1) is 0 Å². The summed E-state index contributed by atoms with van der Waals surface area (Å²) in [7, 11) is 0. The quantitative estimate of drug-likeness (QED) is 0.659. The largest absolute Gasteiger partial charge is 0.378 e. The molecule has 0 spiro atoms. The first-order valence-corrected chi connectivity index (χ1v) is 4.22. The molecule has 14 heavy (non-hydrogen) atoms. The highest BCUT2D eigenvalue weighted by Crippen LogP contribution is 1.97. The van der Waals surface area contributed by atoms with Gasteiger partial charge in [-0.25, -0.2) is 9.90 Å². The summed E-state index contributed by atoms with van der Waals surface area (Å²) in [6.07, 6.45) is 4.22. The normalized spacial score (nSPS) is 8.93. The highest BCUT2D eigenvalue weighted by Gasteiger charge is 1.82. The Morgan fingerprint density at radius 3 is 2.07 bits per heavy atom. The van der Waals surface area contributed by atoms with Gasteiger partial charge in [-0.3, -0.25) is 0 Å². The van der Waals surface area contributed by atoms with Crippen molar-refractivity contribution in [3.63, 3.8) is 0 Å². The van der Waals surface area contributed by atoms with Crippen LogP contribution in [0.2, 0.25) is 0 Å². The van der Waals surface area contributed by atoms with Gasteiger partial charge in [0.25, 0.3) is 0 Å². The Hall–Kier alpha value is -1.83. The molecule has 1 radical (unpaired) electrons. The van der Waals surface area contributed by atoms with E-state index in [2.05, 4.69) is 6.58 Å². The van der Waals surface area contributed by atoms with Crippen molar-refractivity contribution in [2.75, 3.05) is 0 Å². The van der Waals surface area contributed by atoms with Crippen LogP contribution < -0.4 is 0 Å². The first-order valence-electron chi connectivity index (χ1n) is 4.22. The van der Waals surface area contributed by atoms with Gasteiger partial charge in [0.15, 0.2) is 0 Å². The van der Waals surface area contributed by atoms with E-state index < -0.39 is 5.97 Å². The number of benzene rings is 1. The smallest absolute Gasteiger partial charge is 0.242 e. The number of carbonyl (C=O) groups excluding carboxylic acids is 1. The third-order valence-electron chi connectivity index (χ3n) is 1.34. The summed E-state index contributed by atoms with van der Waals surface area (Å²) in [5, 5.41) is 9.40. The molecule has 0 unspecified atom stereocenters. The molecule has 0 amide bonds. The van der Waals surface area contributed by atoms with E-state index in [1.807, 2.05) is 36.4 Å². The van der Waals surface area contributed by atoms with E-state index in [0.29, 0.717) is 0 Å². The molecule has 2 nitrogen and oxygen atoms in total. The summed E-state index contributed by atoms with van der Waals surface area (Å²) >= 11 is 0. The van der Waals surface area contributed by atoms with Crippen LogP contribution in [0.15, 0.2) is 49.1 Å². The predicted octanol–water partition coefficient (Wildman–Crippen LogP) is 2.85. The van der Waals surface area contributed by atoms with Crippen molar-refractivity contribution in [1.82, 2.24) is 0 Å². The maximum Gasteiger partial charge on any atom is 0.378 e. The van der Waals surface area contributed by atoms with Gasteiger partial charge in [0.2, 0.25) is 0 Å². The third kappa shape index (κ3) is 6.85. The number of rotatable bonds is 2. The van der Waals surface area contributed by atoms with E-state index in [1.165, 1.54) is 11.6 Å². The molecule has 1 rings (SSSR count). The van der Waals surface area contributed by atoms with E-state index in [9.17, 15) is 9.90 Å². The number of carbonyl (C=O) groups is 1. The molecule has 73 valence electrons. The van der Waals surface area contributed by atoms with Crippen molar-refractivity contribution >= 4 is 12.0 Å².